The van der Waals surface area contributed by atoms with Gasteiger partial charge in [0.25, 0.3) is 5.09 Å². The van der Waals surface area contributed by atoms with Crippen molar-refractivity contribution in [1.82, 2.24) is 5.32 Å². The van der Waals surface area contributed by atoms with Crippen LogP contribution in [0.5, 0.6) is 17.2 Å². The largest absolute Gasteiger partial charge is 0.493 e. The highest BCUT2D eigenvalue weighted by Gasteiger charge is 2.14. The molecule has 0 bridgehead atoms. The minimum atomic E-state index is -0.908. The van der Waals surface area contributed by atoms with Gasteiger partial charge < -0.3 is 24.4 Å². The first kappa shape index (κ1) is 45.7. The second-order valence-electron chi connectivity index (χ2n) is 12.8. The molecule has 1 amide bonds. The molecule has 1 aliphatic rings. The lowest BCUT2D eigenvalue weighted by molar-refractivity contribution is -0.763. The van der Waals surface area contributed by atoms with E-state index in [2.05, 4.69) is 40.5 Å². The molecule has 11 heteroatoms. The minimum Gasteiger partial charge on any atom is -0.493 e. The standard InChI is InChI=1S/C26H28N2O9.C16H24.C2H6/c1-3-4-5-6-10-24(29)27-17-26(31)37-22-13-11-19(16-23(22)34-2)12-14-25(30)36-21-9-7-8-20(15-21)18-35-28(32)33;1-3-9-15(10-4-1)11-5-2-6-12-16-13-7-8-14-16;1-2/h3-4,7-9,11-16H,5-6,10,17-18H2,1-2H3,(H,27,29);1,3-4,9-10,16H,2,5-8,11-14H2;1-2H3/b4-3-,14-12+;;. The first-order chi connectivity index (χ1) is 26.7. The van der Waals surface area contributed by atoms with Crippen LogP contribution in [0.1, 0.15) is 108 Å². The zero-order valence-electron chi connectivity index (χ0n) is 32.8. The SMILES string of the molecule is C/C=C\CCCC(=O)NCC(=O)Oc1ccc(/C=C/C(=O)Oc2cccc(CO[N+](=O)[O-])c2)cc1OC.CC.c1ccc(CCCCCC2CCCC2)cc1. The van der Waals surface area contributed by atoms with Crippen molar-refractivity contribution >= 4 is 23.9 Å². The van der Waals surface area contributed by atoms with Crippen LogP contribution >= 0.6 is 0 Å². The van der Waals surface area contributed by atoms with Crippen LogP contribution in [0, 0.1) is 16.0 Å². The van der Waals surface area contributed by atoms with E-state index in [1.165, 1.54) is 101 Å². The van der Waals surface area contributed by atoms with Gasteiger partial charge in [-0.05, 0) is 85.6 Å². The molecule has 11 nitrogen and oxygen atoms in total. The Balaban J connectivity index is 0.000000479. The number of ether oxygens (including phenoxy) is 3. The number of unbranched alkanes of at least 4 members (excludes halogenated alkanes) is 3. The molecular formula is C44H58N2O9. The number of allylic oxidation sites excluding steroid dienone is 2. The first-order valence-corrected chi connectivity index (χ1v) is 19.3. The van der Waals surface area contributed by atoms with Crippen LogP contribution in [0.4, 0.5) is 0 Å². The van der Waals surface area contributed by atoms with Gasteiger partial charge in [0.05, 0.1) is 7.11 Å². The van der Waals surface area contributed by atoms with Crippen LogP contribution < -0.4 is 19.5 Å². The quantitative estimate of drug-likeness (QED) is 0.0227. The predicted octanol–water partition coefficient (Wildman–Crippen LogP) is 9.80. The number of carbonyl (C=O) groups is 3. The number of hydrogen-bond acceptors (Lipinski definition) is 9. The van der Waals surface area contributed by atoms with Crippen molar-refractivity contribution in [3.8, 4) is 17.2 Å². The van der Waals surface area contributed by atoms with Crippen molar-refractivity contribution in [1.29, 1.82) is 0 Å². The van der Waals surface area contributed by atoms with Crippen LogP contribution in [0.2, 0.25) is 0 Å². The third-order valence-electron chi connectivity index (χ3n) is 8.61. The zero-order chi connectivity index (χ0) is 40.1. The molecule has 1 saturated carbocycles. The average Bonchev–Trinajstić information content (AvgIpc) is 3.73. The number of carbonyl (C=O) groups excluding carboxylic acids is 3. The molecule has 298 valence electrons. The summed E-state index contributed by atoms with van der Waals surface area (Å²) in [6.45, 7) is 5.36. The van der Waals surface area contributed by atoms with Gasteiger partial charge in [-0.15, -0.1) is 10.1 Å². The van der Waals surface area contributed by atoms with Gasteiger partial charge in [-0.1, -0.05) is 119 Å². The van der Waals surface area contributed by atoms with Crippen LogP contribution in [0.25, 0.3) is 6.08 Å². The van der Waals surface area contributed by atoms with Gasteiger partial charge in [0.2, 0.25) is 5.91 Å². The summed E-state index contributed by atoms with van der Waals surface area (Å²) in [6, 6.07) is 21.7. The Hall–Kier alpha value is -5.45. The van der Waals surface area contributed by atoms with Crippen LogP contribution in [-0.4, -0.2) is 36.6 Å². The number of esters is 2. The maximum Gasteiger partial charge on any atom is 0.336 e. The number of rotatable bonds is 20. The van der Waals surface area contributed by atoms with E-state index in [1.54, 1.807) is 24.3 Å². The number of benzene rings is 3. The molecule has 3 aromatic carbocycles. The monoisotopic (exact) mass is 758 g/mol. The van der Waals surface area contributed by atoms with E-state index in [0.717, 1.165) is 12.3 Å². The highest BCUT2D eigenvalue weighted by molar-refractivity contribution is 5.89. The maximum absolute atomic E-state index is 12.2. The van der Waals surface area contributed by atoms with Gasteiger partial charge in [-0.2, -0.15) is 0 Å². The molecule has 0 aliphatic heterocycles. The number of methoxy groups -OCH3 is 1. The van der Waals surface area contributed by atoms with Crippen molar-refractivity contribution < 1.29 is 38.5 Å². The van der Waals surface area contributed by atoms with Crippen molar-refractivity contribution in [2.45, 2.75) is 104 Å². The fraction of sp³-hybridized carbons (Fsp3) is 0.432. The summed E-state index contributed by atoms with van der Waals surface area (Å²) in [7, 11) is 1.40. The Kier molecular flexibility index (Phi) is 23.3. The minimum absolute atomic E-state index is 0.156. The lowest BCUT2D eigenvalue weighted by Crippen LogP contribution is -2.31. The van der Waals surface area contributed by atoms with E-state index in [0.29, 0.717) is 24.0 Å². The lowest BCUT2D eigenvalue weighted by Gasteiger charge is -2.10. The van der Waals surface area contributed by atoms with E-state index in [-0.39, 0.29) is 36.3 Å². The number of nitrogens with zero attached hydrogens (tertiary/aromatic N) is 1. The highest BCUT2D eigenvalue weighted by Crippen LogP contribution is 2.30. The Labute approximate surface area is 326 Å². The van der Waals surface area contributed by atoms with Crippen molar-refractivity contribution in [3.63, 3.8) is 0 Å². The van der Waals surface area contributed by atoms with E-state index >= 15 is 0 Å². The third-order valence-corrected chi connectivity index (χ3v) is 8.61. The molecule has 1 aliphatic carbocycles. The summed E-state index contributed by atoms with van der Waals surface area (Å²) in [5.74, 6) is 0.113. The first-order valence-electron chi connectivity index (χ1n) is 19.3. The van der Waals surface area contributed by atoms with Crippen molar-refractivity contribution in [2.24, 2.45) is 5.92 Å². The molecule has 1 fully saturated rings. The van der Waals surface area contributed by atoms with Crippen molar-refractivity contribution in [3.05, 3.63) is 118 Å². The van der Waals surface area contributed by atoms with Gasteiger partial charge in [-0.25, -0.2) is 9.59 Å². The summed E-state index contributed by atoms with van der Waals surface area (Å²) in [4.78, 5) is 50.7. The maximum atomic E-state index is 12.2. The second-order valence-corrected chi connectivity index (χ2v) is 12.8. The van der Waals surface area contributed by atoms with E-state index in [1.807, 2.05) is 32.9 Å². The molecule has 0 spiro atoms. The number of hydrogen-bond donors (Lipinski definition) is 1. The van der Waals surface area contributed by atoms with Gasteiger partial charge in [0, 0.05) is 12.5 Å². The molecule has 0 heterocycles. The lowest BCUT2D eigenvalue weighted by atomic mass is 9.98. The average molecular weight is 759 g/mol. The molecule has 0 radical (unpaired) electrons. The Morgan fingerprint density at radius 2 is 1.62 bits per heavy atom. The van der Waals surface area contributed by atoms with E-state index in [9.17, 15) is 24.5 Å². The topological polar surface area (TPSA) is 143 Å². The fourth-order valence-electron chi connectivity index (χ4n) is 5.86. The molecule has 0 atom stereocenters. The van der Waals surface area contributed by atoms with Gasteiger partial charge >= 0.3 is 11.9 Å². The van der Waals surface area contributed by atoms with E-state index in [4.69, 9.17) is 14.2 Å². The molecule has 3 aromatic rings. The van der Waals surface area contributed by atoms with Gasteiger partial charge in [0.15, 0.2) is 11.5 Å². The Bertz CT molecular complexity index is 1630. The summed E-state index contributed by atoms with van der Waals surface area (Å²) in [6.07, 6.45) is 21.4. The summed E-state index contributed by atoms with van der Waals surface area (Å²) in [5, 5.41) is 11.9. The van der Waals surface area contributed by atoms with E-state index < -0.39 is 17.0 Å². The number of nitrogens with one attached hydrogen (secondary N) is 1. The Morgan fingerprint density at radius 3 is 2.33 bits per heavy atom. The number of amides is 1. The van der Waals surface area contributed by atoms with Crippen LogP contribution in [0.15, 0.2) is 91.0 Å². The van der Waals surface area contributed by atoms with Crippen LogP contribution in [0.3, 0.4) is 0 Å². The zero-order valence-corrected chi connectivity index (χ0v) is 32.8. The predicted molar refractivity (Wildman–Crippen MR) is 215 cm³/mol. The normalized spacial score (nSPS) is 12.2. The van der Waals surface area contributed by atoms with Gasteiger partial charge in [0.1, 0.15) is 18.9 Å². The second kappa shape index (κ2) is 28.1. The molecule has 1 N–H and O–H groups in total. The molecule has 55 heavy (non-hydrogen) atoms. The molecule has 0 unspecified atom stereocenters. The smallest absolute Gasteiger partial charge is 0.336 e. The summed E-state index contributed by atoms with van der Waals surface area (Å²) < 4.78 is 15.8. The molecular weight excluding hydrogens is 700 g/mol. The number of aryl methyl sites for hydroxylation is 1. The summed E-state index contributed by atoms with van der Waals surface area (Å²) in [5.41, 5.74) is 2.53. The molecule has 0 saturated heterocycles. The molecule has 0 aromatic heterocycles. The molecule has 4 rings (SSSR count). The van der Waals surface area contributed by atoms with Crippen LogP contribution in [-0.2, 0) is 32.2 Å². The third kappa shape index (κ3) is 20.5. The van der Waals surface area contributed by atoms with Gasteiger partial charge in [-0.3, -0.25) is 4.79 Å². The Morgan fingerprint density at radius 1 is 0.873 bits per heavy atom. The fourth-order valence-corrected chi connectivity index (χ4v) is 5.86. The highest BCUT2D eigenvalue weighted by atomic mass is 16.9. The van der Waals surface area contributed by atoms with Crippen molar-refractivity contribution in [2.75, 3.05) is 13.7 Å². The summed E-state index contributed by atoms with van der Waals surface area (Å²) >= 11 is 0.